The van der Waals surface area contributed by atoms with Crippen LogP contribution in [0.25, 0.3) is 11.4 Å². The Morgan fingerprint density at radius 3 is 2.57 bits per heavy atom. The maximum Gasteiger partial charge on any atom is 0.286 e. The van der Waals surface area contributed by atoms with Crippen molar-refractivity contribution in [3.63, 3.8) is 0 Å². The molecule has 1 N–H and O–H groups in total. The fourth-order valence-electron chi connectivity index (χ4n) is 3.76. The van der Waals surface area contributed by atoms with Crippen molar-refractivity contribution in [2.75, 3.05) is 4.90 Å². The van der Waals surface area contributed by atoms with E-state index in [4.69, 9.17) is 4.74 Å². The fourth-order valence-corrected chi connectivity index (χ4v) is 4.67. The van der Waals surface area contributed by atoms with Gasteiger partial charge in [0.1, 0.15) is 0 Å². The SMILES string of the molecule is CCCc1ccnc(-c2cccc3c2N(C(CC)S(=O)(=O)O)c2ccccc2O3)n1. The van der Waals surface area contributed by atoms with Gasteiger partial charge in [-0.15, -0.1) is 0 Å². The van der Waals surface area contributed by atoms with Gasteiger partial charge in [0.25, 0.3) is 10.1 Å². The molecule has 7 nitrogen and oxygen atoms in total. The predicted molar refractivity (Wildman–Crippen MR) is 116 cm³/mol. The molecule has 1 unspecified atom stereocenters. The van der Waals surface area contributed by atoms with E-state index in [1.807, 2.05) is 24.3 Å². The molecule has 3 aromatic rings. The van der Waals surface area contributed by atoms with Crippen molar-refractivity contribution >= 4 is 21.5 Å². The van der Waals surface area contributed by atoms with Crippen LogP contribution in [-0.2, 0) is 16.5 Å². The highest BCUT2D eigenvalue weighted by Crippen LogP contribution is 2.51. The summed E-state index contributed by atoms with van der Waals surface area (Å²) in [6.07, 6.45) is 3.65. The highest BCUT2D eigenvalue weighted by molar-refractivity contribution is 7.86. The van der Waals surface area contributed by atoms with Crippen LogP contribution >= 0.6 is 0 Å². The van der Waals surface area contributed by atoms with Crippen LogP contribution in [0, 0.1) is 0 Å². The zero-order valence-corrected chi connectivity index (χ0v) is 17.6. The fraction of sp³-hybridized carbons (Fsp3) is 0.273. The first-order chi connectivity index (χ1) is 14.4. The lowest BCUT2D eigenvalue weighted by molar-refractivity contribution is 0.452. The average molecular weight is 426 g/mol. The first-order valence-electron chi connectivity index (χ1n) is 9.91. The second-order valence-electron chi connectivity index (χ2n) is 7.09. The van der Waals surface area contributed by atoms with E-state index in [0.29, 0.717) is 34.3 Å². The zero-order chi connectivity index (χ0) is 21.3. The van der Waals surface area contributed by atoms with Crippen LogP contribution in [0.2, 0.25) is 0 Å². The second-order valence-corrected chi connectivity index (χ2v) is 8.67. The van der Waals surface area contributed by atoms with Gasteiger partial charge in [0, 0.05) is 17.5 Å². The van der Waals surface area contributed by atoms with E-state index >= 15 is 0 Å². The average Bonchev–Trinajstić information content (AvgIpc) is 2.73. The van der Waals surface area contributed by atoms with E-state index < -0.39 is 15.5 Å². The highest BCUT2D eigenvalue weighted by Gasteiger charge is 2.37. The predicted octanol–water partition coefficient (Wildman–Crippen LogP) is 4.96. The van der Waals surface area contributed by atoms with Gasteiger partial charge in [-0.25, -0.2) is 9.97 Å². The van der Waals surface area contributed by atoms with Crippen molar-refractivity contribution < 1.29 is 17.7 Å². The number of fused-ring (bicyclic) bond motifs is 2. The monoisotopic (exact) mass is 425 g/mol. The Hall–Kier alpha value is -2.97. The molecule has 0 bridgehead atoms. The van der Waals surface area contributed by atoms with Gasteiger partial charge in [-0.2, -0.15) is 8.42 Å². The lowest BCUT2D eigenvalue weighted by atomic mass is 10.1. The molecule has 1 aromatic heterocycles. The van der Waals surface area contributed by atoms with E-state index in [0.717, 1.165) is 18.5 Å². The Bertz CT molecular complexity index is 1180. The number of para-hydroxylation sites is 3. The summed E-state index contributed by atoms with van der Waals surface area (Å²) in [4.78, 5) is 10.7. The molecule has 0 spiro atoms. The van der Waals surface area contributed by atoms with Gasteiger partial charge >= 0.3 is 0 Å². The standard InChI is InChI=1S/C22H23N3O4S/c1-3-8-15-13-14-23-22(24-15)16-9-7-12-19-21(16)25(20(4-2)30(26,27)28)17-10-5-6-11-18(17)29-19/h5-7,9-14,20H,3-4,8H2,1-2H3,(H,26,27,28). The van der Waals surface area contributed by atoms with E-state index in [2.05, 4.69) is 16.9 Å². The summed E-state index contributed by atoms with van der Waals surface area (Å²) in [7, 11) is -4.39. The van der Waals surface area contributed by atoms with Crippen LogP contribution in [-0.4, -0.2) is 28.3 Å². The van der Waals surface area contributed by atoms with E-state index in [1.54, 1.807) is 42.3 Å². The highest BCUT2D eigenvalue weighted by atomic mass is 32.2. The smallest absolute Gasteiger partial charge is 0.286 e. The summed E-state index contributed by atoms with van der Waals surface area (Å²) in [5.74, 6) is 1.48. The van der Waals surface area contributed by atoms with Crippen molar-refractivity contribution in [3.8, 4) is 22.9 Å². The van der Waals surface area contributed by atoms with Crippen LogP contribution in [0.5, 0.6) is 11.5 Å². The molecule has 1 atom stereocenters. The normalized spacial score (nSPS) is 13.9. The summed E-state index contributed by atoms with van der Waals surface area (Å²) in [6.45, 7) is 3.80. The molecule has 8 heteroatoms. The molecule has 0 radical (unpaired) electrons. The Labute approximate surface area is 176 Å². The minimum absolute atomic E-state index is 0.178. The molecule has 30 heavy (non-hydrogen) atoms. The minimum atomic E-state index is -4.39. The number of rotatable bonds is 6. The molecule has 2 aromatic carbocycles. The lowest BCUT2D eigenvalue weighted by Crippen LogP contribution is -2.39. The number of anilines is 2. The van der Waals surface area contributed by atoms with Gasteiger partial charge in [-0.05, 0) is 43.2 Å². The van der Waals surface area contributed by atoms with Gasteiger partial charge in [0.2, 0.25) is 0 Å². The van der Waals surface area contributed by atoms with Crippen molar-refractivity contribution in [3.05, 3.63) is 60.4 Å². The summed E-state index contributed by atoms with van der Waals surface area (Å²) in [5, 5.41) is -1.18. The number of hydrogen-bond donors (Lipinski definition) is 1. The first kappa shape index (κ1) is 20.3. The maximum atomic E-state index is 12.3. The molecule has 1 aliphatic rings. The van der Waals surface area contributed by atoms with Gasteiger partial charge in [0.15, 0.2) is 22.7 Å². The summed E-state index contributed by atoms with van der Waals surface area (Å²) < 4.78 is 40.7. The number of ether oxygens (including phenoxy) is 1. The Balaban J connectivity index is 1.97. The van der Waals surface area contributed by atoms with Crippen molar-refractivity contribution in [1.29, 1.82) is 0 Å². The molecule has 0 fully saturated rings. The van der Waals surface area contributed by atoms with Crippen LogP contribution in [0.3, 0.4) is 0 Å². The maximum absolute atomic E-state index is 12.3. The topological polar surface area (TPSA) is 92.6 Å². The quantitative estimate of drug-likeness (QED) is 0.558. The summed E-state index contributed by atoms with van der Waals surface area (Å²) in [5.41, 5.74) is 2.63. The van der Waals surface area contributed by atoms with E-state index in [9.17, 15) is 13.0 Å². The van der Waals surface area contributed by atoms with Gasteiger partial charge < -0.3 is 9.64 Å². The summed E-state index contributed by atoms with van der Waals surface area (Å²) in [6, 6.07) is 14.5. The third-order valence-electron chi connectivity index (χ3n) is 5.03. The molecule has 1 aliphatic heterocycles. The molecule has 0 saturated heterocycles. The van der Waals surface area contributed by atoms with Crippen LogP contribution in [0.15, 0.2) is 54.7 Å². The summed E-state index contributed by atoms with van der Waals surface area (Å²) >= 11 is 0. The Morgan fingerprint density at radius 2 is 1.83 bits per heavy atom. The molecule has 0 amide bonds. The van der Waals surface area contributed by atoms with Crippen molar-refractivity contribution in [1.82, 2.24) is 9.97 Å². The largest absolute Gasteiger partial charge is 0.453 e. The van der Waals surface area contributed by atoms with Crippen LogP contribution in [0.1, 0.15) is 32.4 Å². The number of benzene rings is 2. The molecular weight excluding hydrogens is 402 g/mol. The Kier molecular flexibility index (Phi) is 5.44. The van der Waals surface area contributed by atoms with Crippen molar-refractivity contribution in [2.24, 2.45) is 0 Å². The van der Waals surface area contributed by atoms with Gasteiger partial charge in [-0.1, -0.05) is 38.5 Å². The second kappa shape index (κ2) is 8.04. The van der Waals surface area contributed by atoms with E-state index in [1.165, 1.54) is 0 Å². The lowest BCUT2D eigenvalue weighted by Gasteiger charge is -2.37. The van der Waals surface area contributed by atoms with E-state index in [-0.39, 0.29) is 6.42 Å². The number of hydrogen-bond acceptors (Lipinski definition) is 6. The molecular formula is C22H23N3O4S. The van der Waals surface area contributed by atoms with Crippen molar-refractivity contribution in [2.45, 2.75) is 38.5 Å². The molecule has 2 heterocycles. The third kappa shape index (κ3) is 3.64. The number of aryl methyl sites for hydroxylation is 1. The van der Waals surface area contributed by atoms with Gasteiger partial charge in [-0.3, -0.25) is 4.55 Å². The molecule has 4 rings (SSSR count). The van der Waals surface area contributed by atoms with Crippen LogP contribution < -0.4 is 9.64 Å². The number of nitrogens with zero attached hydrogens (tertiary/aromatic N) is 3. The number of aromatic nitrogens is 2. The molecule has 0 aliphatic carbocycles. The molecule has 156 valence electrons. The first-order valence-corrected chi connectivity index (χ1v) is 11.4. The Morgan fingerprint density at radius 1 is 1.07 bits per heavy atom. The zero-order valence-electron chi connectivity index (χ0n) is 16.8. The van der Waals surface area contributed by atoms with Gasteiger partial charge in [0.05, 0.1) is 11.4 Å². The third-order valence-corrected chi connectivity index (χ3v) is 6.26. The minimum Gasteiger partial charge on any atom is -0.453 e. The van der Waals surface area contributed by atoms with Crippen LogP contribution in [0.4, 0.5) is 11.4 Å². The molecule has 0 saturated carbocycles.